The largest absolute Gasteiger partial charge is 0.374 e. The maximum atomic E-state index is 12.0. The van der Waals surface area contributed by atoms with Crippen LogP contribution in [0.5, 0.6) is 0 Å². The lowest BCUT2D eigenvalue weighted by molar-refractivity contribution is -0.121. The van der Waals surface area contributed by atoms with Crippen molar-refractivity contribution in [3.05, 3.63) is 76.7 Å². The molecule has 0 aliphatic rings. The van der Waals surface area contributed by atoms with Crippen LogP contribution >= 0.6 is 0 Å². The maximum absolute atomic E-state index is 12.0. The Morgan fingerprint density at radius 1 is 1.07 bits per heavy atom. The van der Waals surface area contributed by atoms with Crippen LogP contribution in [0.2, 0.25) is 0 Å². The number of carbonyl (C=O) groups is 1. The Balaban J connectivity index is 1.73. The molecule has 0 unspecified atom stereocenters. The van der Waals surface area contributed by atoms with Gasteiger partial charge in [0.2, 0.25) is 15.9 Å². The van der Waals surface area contributed by atoms with Gasteiger partial charge in [-0.15, -0.1) is 0 Å². The fourth-order valence-electron chi connectivity index (χ4n) is 2.47. The molecule has 0 bridgehead atoms. The second-order valence-corrected chi connectivity index (χ2v) is 8.51. The van der Waals surface area contributed by atoms with Gasteiger partial charge in [0, 0.05) is 24.9 Å². The summed E-state index contributed by atoms with van der Waals surface area (Å²) in [5, 5.41) is 3.90. The molecule has 1 amide bonds. The third kappa shape index (κ3) is 9.51. The molecule has 0 atom stereocenters. The van der Waals surface area contributed by atoms with Crippen molar-refractivity contribution in [3.63, 3.8) is 0 Å². The Morgan fingerprint density at radius 3 is 2.52 bits per heavy atom. The molecule has 0 spiro atoms. The van der Waals surface area contributed by atoms with E-state index in [9.17, 15) is 13.2 Å². The van der Waals surface area contributed by atoms with Crippen LogP contribution in [0, 0.1) is 0 Å². The molecular weight excluding hydrogens is 388 g/mol. The first-order chi connectivity index (χ1) is 13.8. The zero-order chi connectivity index (χ0) is 21.1. The molecule has 0 heterocycles. The highest BCUT2D eigenvalue weighted by molar-refractivity contribution is 7.92. The molecule has 0 radical (unpaired) electrons. The maximum Gasteiger partial charge on any atom is 0.233 e. The van der Waals surface area contributed by atoms with Gasteiger partial charge in [-0.1, -0.05) is 54.6 Å². The summed E-state index contributed by atoms with van der Waals surface area (Å²) in [5.41, 5.74) is 2.80. The van der Waals surface area contributed by atoms with Crippen LogP contribution in [0.1, 0.15) is 37.0 Å². The lowest BCUT2D eigenvalue weighted by Gasteiger charge is -2.10. The summed E-state index contributed by atoms with van der Waals surface area (Å²) < 4.78 is 31.9. The summed E-state index contributed by atoms with van der Waals surface area (Å²) in [6.45, 7) is 4.91. The van der Waals surface area contributed by atoms with Crippen molar-refractivity contribution >= 4 is 22.0 Å². The number of hydrogen-bond acceptors (Lipinski definition) is 4. The van der Waals surface area contributed by atoms with Crippen molar-refractivity contribution in [2.45, 2.75) is 39.5 Å². The second-order valence-electron chi connectivity index (χ2n) is 6.86. The first-order valence-electron chi connectivity index (χ1n) is 9.53. The average Bonchev–Trinajstić information content (AvgIpc) is 2.70. The molecule has 7 heteroatoms. The fraction of sp³-hybridized carbons (Fsp3) is 0.318. The highest BCUT2D eigenvalue weighted by atomic mass is 32.2. The summed E-state index contributed by atoms with van der Waals surface area (Å²) in [4.78, 5) is 12.0. The van der Waals surface area contributed by atoms with Crippen LogP contribution < -0.4 is 10.0 Å². The van der Waals surface area contributed by atoms with Crippen LogP contribution in [0.15, 0.2) is 60.0 Å². The molecule has 0 aliphatic heterocycles. The van der Waals surface area contributed by atoms with Crippen molar-refractivity contribution in [3.8, 4) is 0 Å². The lowest BCUT2D eigenvalue weighted by atomic mass is 10.1. The van der Waals surface area contributed by atoms with Gasteiger partial charge in [-0.3, -0.25) is 4.79 Å². The molecule has 2 aromatic carbocycles. The summed E-state index contributed by atoms with van der Waals surface area (Å²) in [5.74, 6) is -0.219. The molecule has 156 valence electrons. The molecule has 0 saturated heterocycles. The third-order valence-corrected chi connectivity index (χ3v) is 5.06. The van der Waals surface area contributed by atoms with Gasteiger partial charge in [-0.2, -0.15) is 0 Å². The normalized spacial score (nSPS) is 11.8. The van der Waals surface area contributed by atoms with Crippen LogP contribution in [0.25, 0.3) is 6.08 Å². The first-order valence-corrected chi connectivity index (χ1v) is 11.1. The van der Waals surface area contributed by atoms with E-state index < -0.39 is 10.0 Å². The SMILES string of the molecule is CC(C)OCc1cccc(CNC(=O)CCNS(=O)(=O)C=Cc2ccccc2)c1. The minimum atomic E-state index is -3.59. The molecule has 0 fully saturated rings. The van der Waals surface area contributed by atoms with E-state index in [1.165, 1.54) is 6.08 Å². The summed E-state index contributed by atoms with van der Waals surface area (Å²) in [6, 6.07) is 17.0. The van der Waals surface area contributed by atoms with Gasteiger partial charge < -0.3 is 10.1 Å². The Bertz CT molecular complexity index is 909. The van der Waals surface area contributed by atoms with Gasteiger partial charge >= 0.3 is 0 Å². The molecule has 29 heavy (non-hydrogen) atoms. The topological polar surface area (TPSA) is 84.5 Å². The van der Waals surface area contributed by atoms with E-state index in [4.69, 9.17) is 4.74 Å². The molecular formula is C22H28N2O4S. The fourth-order valence-corrected chi connectivity index (χ4v) is 3.29. The predicted octanol–water partition coefficient (Wildman–Crippen LogP) is 3.21. The van der Waals surface area contributed by atoms with Crippen LogP contribution in [-0.2, 0) is 32.7 Å². The zero-order valence-electron chi connectivity index (χ0n) is 16.8. The molecule has 0 aromatic heterocycles. The highest BCUT2D eigenvalue weighted by Crippen LogP contribution is 2.08. The van der Waals surface area contributed by atoms with Crippen molar-refractivity contribution in [1.82, 2.24) is 10.0 Å². The highest BCUT2D eigenvalue weighted by Gasteiger charge is 2.07. The van der Waals surface area contributed by atoms with E-state index in [2.05, 4.69) is 10.0 Å². The number of hydrogen-bond donors (Lipinski definition) is 2. The van der Waals surface area contributed by atoms with Gasteiger partial charge in [-0.25, -0.2) is 13.1 Å². The Labute approximate surface area is 173 Å². The minimum absolute atomic E-state index is 0.0373. The molecule has 2 N–H and O–H groups in total. The van der Waals surface area contributed by atoms with Gasteiger partial charge in [0.05, 0.1) is 12.7 Å². The molecule has 2 rings (SSSR count). The van der Waals surface area contributed by atoms with Crippen molar-refractivity contribution in [2.75, 3.05) is 6.54 Å². The molecule has 2 aromatic rings. The average molecular weight is 417 g/mol. The number of sulfonamides is 1. The molecule has 0 aliphatic carbocycles. The van der Waals surface area contributed by atoms with Gasteiger partial charge in [0.15, 0.2) is 0 Å². The van der Waals surface area contributed by atoms with Gasteiger partial charge in [0.1, 0.15) is 0 Å². The lowest BCUT2D eigenvalue weighted by Crippen LogP contribution is -2.29. The van der Waals surface area contributed by atoms with E-state index >= 15 is 0 Å². The monoisotopic (exact) mass is 416 g/mol. The standard InChI is InChI=1S/C22H28N2O4S/c1-18(2)28-17-21-10-6-9-20(15-21)16-23-22(25)11-13-24-29(26,27)14-12-19-7-4-3-5-8-19/h3-10,12,14-15,18,24H,11,13,16-17H2,1-2H3,(H,23,25). The van der Waals surface area contributed by atoms with Crippen molar-refractivity contribution in [2.24, 2.45) is 0 Å². The predicted molar refractivity (Wildman–Crippen MR) is 115 cm³/mol. The van der Waals surface area contributed by atoms with Crippen molar-refractivity contribution < 1.29 is 17.9 Å². The summed E-state index contributed by atoms with van der Waals surface area (Å²) in [6.07, 6.45) is 1.73. The van der Waals surface area contributed by atoms with Gasteiger partial charge in [-0.05, 0) is 36.6 Å². The smallest absolute Gasteiger partial charge is 0.233 e. The third-order valence-electron chi connectivity index (χ3n) is 3.96. The summed E-state index contributed by atoms with van der Waals surface area (Å²) >= 11 is 0. The van der Waals surface area contributed by atoms with Crippen LogP contribution in [0.3, 0.4) is 0 Å². The Morgan fingerprint density at radius 2 is 1.79 bits per heavy atom. The molecule has 6 nitrogen and oxygen atoms in total. The number of nitrogens with one attached hydrogen (secondary N) is 2. The second kappa shape index (κ2) is 11.5. The Kier molecular flexibility index (Phi) is 9.05. The molecule has 0 saturated carbocycles. The number of ether oxygens (including phenoxy) is 1. The number of rotatable bonds is 11. The zero-order valence-corrected chi connectivity index (χ0v) is 17.6. The number of amides is 1. The van der Waals surface area contributed by atoms with E-state index in [-0.39, 0.29) is 25.0 Å². The van der Waals surface area contributed by atoms with E-state index in [0.717, 1.165) is 22.1 Å². The number of benzene rings is 2. The van der Waals surface area contributed by atoms with E-state index in [1.807, 2.05) is 68.4 Å². The van der Waals surface area contributed by atoms with Crippen LogP contribution in [0.4, 0.5) is 0 Å². The van der Waals surface area contributed by atoms with E-state index in [0.29, 0.717) is 13.2 Å². The number of carbonyl (C=O) groups excluding carboxylic acids is 1. The summed E-state index contributed by atoms with van der Waals surface area (Å²) in [7, 11) is -3.59. The quantitative estimate of drug-likeness (QED) is 0.589. The van der Waals surface area contributed by atoms with E-state index in [1.54, 1.807) is 0 Å². The Hall–Kier alpha value is -2.48. The van der Waals surface area contributed by atoms with Crippen LogP contribution in [-0.4, -0.2) is 27.0 Å². The van der Waals surface area contributed by atoms with Crippen molar-refractivity contribution in [1.29, 1.82) is 0 Å². The minimum Gasteiger partial charge on any atom is -0.374 e. The first kappa shape index (κ1) is 22.8. The van der Waals surface area contributed by atoms with Gasteiger partial charge in [0.25, 0.3) is 0 Å².